The lowest BCUT2D eigenvalue weighted by atomic mass is 9.82. The molecular weight excluding hydrogens is 602 g/mol. The maximum absolute atomic E-state index is 13.4. The summed E-state index contributed by atoms with van der Waals surface area (Å²) in [6.07, 6.45) is 3.93. The summed E-state index contributed by atoms with van der Waals surface area (Å²) in [5, 5.41) is 22.5. The Morgan fingerprint density at radius 3 is 2.49 bits per heavy atom. The number of nitrogens with zero attached hydrogens (tertiary/aromatic N) is 2. The van der Waals surface area contributed by atoms with Crippen LogP contribution in [0.3, 0.4) is 0 Å². The first kappa shape index (κ1) is 33.6. The number of ketones is 1. The number of likely N-dealkylation sites (N-methyl/N-ethyl adjacent to an activating group) is 1. The number of aromatic nitrogens is 1. The Morgan fingerprint density at radius 2 is 1.85 bits per heavy atom. The van der Waals surface area contributed by atoms with Crippen molar-refractivity contribution in [2.75, 3.05) is 34.0 Å². The van der Waals surface area contributed by atoms with Gasteiger partial charge < -0.3 is 39.2 Å². The summed E-state index contributed by atoms with van der Waals surface area (Å²) in [7, 11) is 3.04. The molecule has 2 heterocycles. The van der Waals surface area contributed by atoms with Crippen molar-refractivity contribution in [2.45, 2.75) is 64.5 Å². The molecule has 1 atom stereocenters. The zero-order chi connectivity index (χ0) is 34.1. The molecule has 0 spiro atoms. The number of methoxy groups -OCH3 is 2. The highest BCUT2D eigenvalue weighted by Crippen LogP contribution is 2.43. The van der Waals surface area contributed by atoms with Gasteiger partial charge in [-0.15, -0.1) is 0 Å². The predicted octanol–water partition coefficient (Wildman–Crippen LogP) is 5.10. The van der Waals surface area contributed by atoms with E-state index in [0.717, 1.165) is 22.2 Å². The average Bonchev–Trinajstić information content (AvgIpc) is 3.37. The van der Waals surface area contributed by atoms with Crippen LogP contribution >= 0.6 is 0 Å². The van der Waals surface area contributed by atoms with E-state index >= 15 is 0 Å². The summed E-state index contributed by atoms with van der Waals surface area (Å²) >= 11 is 0. The van der Waals surface area contributed by atoms with Gasteiger partial charge in [0.1, 0.15) is 23.8 Å². The standard InChI is InChI=1S/C36H43N3O8/c1-7-38(34(44)47-35(2,3)4)15-13-25-16-24-17-28-22(18-29(24)37-25)9-11-30(41)27-12-14-36(33(42)43,39(21-40)32(27)28)20-23-8-10-26(45-5)19-31(23)46-6/h8,10,12,14,16-19,37,40H,7,9,11,13,15,20-21H2,1-6H3,(H,42,43). The van der Waals surface area contributed by atoms with E-state index in [4.69, 9.17) is 14.2 Å². The molecule has 250 valence electrons. The molecule has 0 saturated carbocycles. The molecule has 0 saturated heterocycles. The first-order chi connectivity index (χ1) is 22.3. The van der Waals surface area contributed by atoms with E-state index < -0.39 is 23.8 Å². The van der Waals surface area contributed by atoms with E-state index in [1.165, 1.54) is 25.2 Å². The van der Waals surface area contributed by atoms with Gasteiger partial charge >= 0.3 is 12.1 Å². The molecule has 2 aromatic carbocycles. The highest BCUT2D eigenvalue weighted by molar-refractivity contribution is 6.08. The van der Waals surface area contributed by atoms with Gasteiger partial charge in [-0.25, -0.2) is 9.59 Å². The van der Waals surface area contributed by atoms with Crippen LogP contribution in [0.15, 0.2) is 54.1 Å². The number of hydrogen-bond donors (Lipinski definition) is 3. The Morgan fingerprint density at radius 1 is 1.09 bits per heavy atom. The largest absolute Gasteiger partial charge is 0.497 e. The number of rotatable bonds is 10. The van der Waals surface area contributed by atoms with Crippen molar-refractivity contribution in [2.24, 2.45) is 0 Å². The Kier molecular flexibility index (Phi) is 9.40. The van der Waals surface area contributed by atoms with Crippen molar-refractivity contribution in [3.63, 3.8) is 0 Å². The van der Waals surface area contributed by atoms with Crippen LogP contribution in [0, 0.1) is 0 Å². The van der Waals surface area contributed by atoms with Crippen molar-refractivity contribution in [3.05, 3.63) is 76.5 Å². The van der Waals surface area contributed by atoms with Crippen LogP contribution in [0.4, 0.5) is 4.79 Å². The highest BCUT2D eigenvalue weighted by atomic mass is 16.6. The minimum Gasteiger partial charge on any atom is -0.497 e. The van der Waals surface area contributed by atoms with Gasteiger partial charge in [0.05, 0.1) is 19.9 Å². The SMILES string of the molecule is CCN(CCc1cc2cc3c(cc2[nH]1)CCC(=O)C1=C3N(CO)C(Cc2ccc(OC)cc2OC)(C(=O)O)C=C1)C(=O)OC(C)(C)C. The minimum absolute atomic E-state index is 0.0466. The average molecular weight is 646 g/mol. The quantitative estimate of drug-likeness (QED) is 0.275. The lowest BCUT2D eigenvalue weighted by Crippen LogP contribution is -2.56. The molecule has 0 radical (unpaired) electrons. The molecule has 0 fully saturated rings. The number of nitrogens with one attached hydrogen (secondary N) is 1. The van der Waals surface area contributed by atoms with Gasteiger partial charge in [-0.2, -0.15) is 0 Å². The topological polar surface area (TPSA) is 142 Å². The molecule has 1 aliphatic heterocycles. The highest BCUT2D eigenvalue weighted by Gasteiger charge is 2.48. The fourth-order valence-electron chi connectivity index (χ4n) is 6.34. The molecule has 2 aliphatic rings. The smallest absolute Gasteiger partial charge is 0.410 e. The van der Waals surface area contributed by atoms with Crippen LogP contribution in [0.1, 0.15) is 56.5 Å². The fraction of sp³-hybridized carbons (Fsp3) is 0.417. The van der Waals surface area contributed by atoms with Gasteiger partial charge in [0.15, 0.2) is 11.3 Å². The second-order valence-corrected chi connectivity index (χ2v) is 12.9. The van der Waals surface area contributed by atoms with Crippen molar-refractivity contribution < 1.29 is 38.8 Å². The Labute approximate surface area is 274 Å². The van der Waals surface area contributed by atoms with E-state index in [2.05, 4.69) is 4.98 Å². The number of H-pyrrole nitrogens is 1. The molecule has 11 nitrogen and oxygen atoms in total. The molecule has 0 bridgehead atoms. The summed E-state index contributed by atoms with van der Waals surface area (Å²) in [4.78, 5) is 45.8. The number of aliphatic hydroxyl groups is 1. The van der Waals surface area contributed by atoms with Gasteiger partial charge in [0, 0.05) is 66.2 Å². The summed E-state index contributed by atoms with van der Waals surface area (Å²) in [5.74, 6) is -0.300. The number of carboxylic acid groups (broad SMARTS) is 1. The molecule has 1 unspecified atom stereocenters. The Bertz CT molecular complexity index is 1770. The number of carbonyl (C=O) groups excluding carboxylic acids is 2. The monoisotopic (exact) mass is 645 g/mol. The fourth-order valence-corrected chi connectivity index (χ4v) is 6.34. The number of aromatic amines is 1. The Hall–Kier alpha value is -4.77. The molecule has 1 aromatic heterocycles. The van der Waals surface area contributed by atoms with Crippen molar-refractivity contribution in [1.29, 1.82) is 0 Å². The predicted molar refractivity (Wildman–Crippen MR) is 177 cm³/mol. The lowest BCUT2D eigenvalue weighted by Gasteiger charge is -2.43. The molecular formula is C36H43N3O8. The molecule has 3 aromatic rings. The minimum atomic E-state index is -1.72. The van der Waals surface area contributed by atoms with Crippen LogP contribution in [0.5, 0.6) is 11.5 Å². The van der Waals surface area contributed by atoms with Crippen molar-refractivity contribution >= 4 is 34.4 Å². The van der Waals surface area contributed by atoms with Crippen LogP contribution in [0.2, 0.25) is 0 Å². The van der Waals surface area contributed by atoms with Gasteiger partial charge in [-0.1, -0.05) is 12.1 Å². The molecule has 47 heavy (non-hydrogen) atoms. The van der Waals surface area contributed by atoms with Gasteiger partial charge in [0.25, 0.3) is 0 Å². The zero-order valence-electron chi connectivity index (χ0n) is 27.8. The summed E-state index contributed by atoms with van der Waals surface area (Å²) < 4.78 is 16.4. The summed E-state index contributed by atoms with van der Waals surface area (Å²) in [6.45, 7) is 7.75. The maximum Gasteiger partial charge on any atom is 0.410 e. The number of aryl methyl sites for hydroxylation is 1. The maximum atomic E-state index is 13.4. The number of fused-ring (bicyclic) bond motifs is 3. The number of carbonyl (C=O) groups is 3. The molecule has 5 rings (SSSR count). The van der Waals surface area contributed by atoms with Crippen molar-refractivity contribution in [1.82, 2.24) is 14.8 Å². The number of amides is 1. The number of carboxylic acids is 1. The van der Waals surface area contributed by atoms with Gasteiger partial charge in [-0.05, 0) is 75.6 Å². The number of benzene rings is 2. The van der Waals surface area contributed by atoms with Gasteiger partial charge in [0.2, 0.25) is 0 Å². The number of aliphatic carboxylic acids is 1. The first-order valence-corrected chi connectivity index (χ1v) is 15.8. The first-order valence-electron chi connectivity index (χ1n) is 15.8. The number of aliphatic hydroxyl groups excluding tert-OH is 1. The second-order valence-electron chi connectivity index (χ2n) is 12.9. The van der Waals surface area contributed by atoms with E-state index in [0.29, 0.717) is 59.8 Å². The lowest BCUT2D eigenvalue weighted by molar-refractivity contribution is -0.148. The van der Waals surface area contributed by atoms with E-state index in [-0.39, 0.29) is 24.7 Å². The summed E-state index contributed by atoms with van der Waals surface area (Å²) in [5.41, 5.74) is 2.38. The normalized spacial score (nSPS) is 17.7. The van der Waals surface area contributed by atoms with Crippen LogP contribution in [-0.4, -0.2) is 88.0 Å². The zero-order valence-corrected chi connectivity index (χ0v) is 27.8. The molecule has 3 N–H and O–H groups in total. The number of Topliss-reactive ketones (excluding diaryl/α,β-unsaturated/α-hetero) is 1. The number of ether oxygens (including phenoxy) is 3. The van der Waals surface area contributed by atoms with Crippen LogP contribution in [-0.2, 0) is 33.6 Å². The van der Waals surface area contributed by atoms with Crippen molar-refractivity contribution in [3.8, 4) is 11.5 Å². The molecule has 11 heteroatoms. The second kappa shape index (κ2) is 13.2. The Balaban J connectivity index is 1.53. The van der Waals surface area contributed by atoms with E-state index in [1.807, 2.05) is 45.9 Å². The third kappa shape index (κ3) is 6.58. The molecule has 1 amide bonds. The van der Waals surface area contributed by atoms with E-state index in [1.54, 1.807) is 29.2 Å². The number of allylic oxidation sites excluding steroid dienone is 2. The van der Waals surface area contributed by atoms with Crippen LogP contribution in [0.25, 0.3) is 16.6 Å². The van der Waals surface area contributed by atoms with Gasteiger partial charge in [-0.3, -0.25) is 4.79 Å². The third-order valence-corrected chi connectivity index (χ3v) is 8.76. The molecule has 1 aliphatic carbocycles. The third-order valence-electron chi connectivity index (χ3n) is 8.76. The van der Waals surface area contributed by atoms with E-state index in [9.17, 15) is 24.6 Å². The van der Waals surface area contributed by atoms with Crippen LogP contribution < -0.4 is 9.47 Å². The summed E-state index contributed by atoms with van der Waals surface area (Å²) in [6, 6.07) is 11.1. The number of hydrogen-bond acceptors (Lipinski definition) is 8.